The van der Waals surface area contributed by atoms with E-state index in [4.69, 9.17) is 0 Å². The van der Waals surface area contributed by atoms with Crippen molar-refractivity contribution in [3.05, 3.63) is 33.7 Å². The minimum absolute atomic E-state index is 0.0526. The van der Waals surface area contributed by atoms with Crippen LogP contribution in [0.4, 0.5) is 0 Å². The van der Waals surface area contributed by atoms with E-state index in [1.165, 1.54) is 0 Å². The van der Waals surface area contributed by atoms with Gasteiger partial charge in [-0.25, -0.2) is 0 Å². The van der Waals surface area contributed by atoms with Crippen LogP contribution in [0, 0.1) is 12.8 Å². The van der Waals surface area contributed by atoms with Crippen molar-refractivity contribution in [2.45, 2.75) is 51.2 Å². The predicted octanol–water partition coefficient (Wildman–Crippen LogP) is 1.09. The average Bonchev–Trinajstić information content (AvgIpc) is 3.05. The first-order chi connectivity index (χ1) is 11.5. The van der Waals surface area contributed by atoms with Gasteiger partial charge in [-0.05, 0) is 50.7 Å². The number of aliphatic hydroxyl groups excluding tert-OH is 2. The summed E-state index contributed by atoms with van der Waals surface area (Å²) in [5.41, 5.74) is 0.723. The molecule has 24 heavy (non-hydrogen) atoms. The number of aliphatic hydroxyl groups is 2. The van der Waals surface area contributed by atoms with Gasteiger partial charge in [-0.1, -0.05) is 0 Å². The number of hydrogen-bond donors (Lipinski definition) is 2. The second-order valence-corrected chi connectivity index (χ2v) is 7.14. The molecule has 6 nitrogen and oxygen atoms in total. The monoisotopic (exact) mass is 334 g/mol. The van der Waals surface area contributed by atoms with Crippen molar-refractivity contribution in [1.29, 1.82) is 0 Å². The summed E-state index contributed by atoms with van der Waals surface area (Å²) >= 11 is 0. The van der Waals surface area contributed by atoms with E-state index >= 15 is 0 Å². The summed E-state index contributed by atoms with van der Waals surface area (Å²) in [5.74, 6) is -0.112. The van der Waals surface area contributed by atoms with E-state index in [0.29, 0.717) is 31.5 Å². The summed E-state index contributed by atoms with van der Waals surface area (Å²) in [6.45, 7) is 2.97. The standard InChI is InChI=1S/C18H26N2O4/c1-12-6-9-20(14-2-4-15(22)5-3-14)18(24)16(12)17(23)19-8-7-13(10-19)11-21/h6,9,13-15,21-22H,2-5,7-8,10-11H2,1H3. The Morgan fingerprint density at radius 2 is 1.96 bits per heavy atom. The molecule has 0 spiro atoms. The molecule has 0 bridgehead atoms. The van der Waals surface area contributed by atoms with Crippen molar-refractivity contribution in [2.75, 3.05) is 19.7 Å². The normalized spacial score (nSPS) is 27.5. The Balaban J connectivity index is 1.87. The molecule has 2 fully saturated rings. The fourth-order valence-corrected chi connectivity index (χ4v) is 3.85. The average molecular weight is 334 g/mol. The minimum atomic E-state index is -0.275. The van der Waals surface area contributed by atoms with Gasteiger partial charge in [0.2, 0.25) is 0 Å². The van der Waals surface area contributed by atoms with E-state index in [0.717, 1.165) is 19.3 Å². The summed E-state index contributed by atoms with van der Waals surface area (Å²) in [7, 11) is 0. The van der Waals surface area contributed by atoms with Gasteiger partial charge in [0.25, 0.3) is 11.5 Å². The van der Waals surface area contributed by atoms with Crippen molar-refractivity contribution >= 4 is 5.91 Å². The highest BCUT2D eigenvalue weighted by Gasteiger charge is 2.30. The van der Waals surface area contributed by atoms with Crippen LogP contribution in [0.2, 0.25) is 0 Å². The van der Waals surface area contributed by atoms with Crippen LogP contribution in [0.25, 0.3) is 0 Å². The zero-order valence-electron chi connectivity index (χ0n) is 14.1. The van der Waals surface area contributed by atoms with Crippen LogP contribution in [0.1, 0.15) is 54.1 Å². The number of carbonyl (C=O) groups is 1. The van der Waals surface area contributed by atoms with Crippen LogP contribution >= 0.6 is 0 Å². The molecule has 1 saturated carbocycles. The molecule has 2 N–H and O–H groups in total. The second-order valence-electron chi connectivity index (χ2n) is 7.14. The van der Waals surface area contributed by atoms with Crippen molar-refractivity contribution in [2.24, 2.45) is 5.92 Å². The molecule has 1 atom stereocenters. The molecule has 0 radical (unpaired) electrons. The molecule has 0 aromatic carbocycles. The number of pyridine rings is 1. The van der Waals surface area contributed by atoms with Gasteiger partial charge in [0, 0.05) is 37.9 Å². The van der Waals surface area contributed by atoms with Crippen LogP contribution in [-0.2, 0) is 0 Å². The van der Waals surface area contributed by atoms with Crippen molar-refractivity contribution in [1.82, 2.24) is 9.47 Å². The topological polar surface area (TPSA) is 82.8 Å². The first-order valence-corrected chi connectivity index (χ1v) is 8.81. The number of hydrogen-bond acceptors (Lipinski definition) is 4. The molecule has 1 amide bonds. The number of rotatable bonds is 3. The van der Waals surface area contributed by atoms with Gasteiger partial charge in [0.15, 0.2) is 0 Å². The second kappa shape index (κ2) is 7.07. The lowest BCUT2D eigenvalue weighted by atomic mass is 9.92. The first kappa shape index (κ1) is 17.2. The summed E-state index contributed by atoms with van der Waals surface area (Å²) in [5, 5.41) is 18.9. The third-order valence-corrected chi connectivity index (χ3v) is 5.43. The third kappa shape index (κ3) is 3.26. The first-order valence-electron chi connectivity index (χ1n) is 8.81. The van der Waals surface area contributed by atoms with Gasteiger partial charge in [-0.15, -0.1) is 0 Å². The van der Waals surface area contributed by atoms with E-state index in [2.05, 4.69) is 0 Å². The maximum atomic E-state index is 12.9. The van der Waals surface area contributed by atoms with Crippen LogP contribution in [0.3, 0.4) is 0 Å². The molecule has 1 aliphatic heterocycles. The number of likely N-dealkylation sites (tertiary alicyclic amines) is 1. The van der Waals surface area contributed by atoms with Crippen molar-refractivity contribution < 1.29 is 15.0 Å². The zero-order chi connectivity index (χ0) is 17.3. The molecule has 132 valence electrons. The van der Waals surface area contributed by atoms with Crippen LogP contribution in [-0.4, -0.2) is 51.4 Å². The highest BCUT2D eigenvalue weighted by atomic mass is 16.3. The summed E-state index contributed by atoms with van der Waals surface area (Å²) < 4.78 is 1.67. The molecule has 1 unspecified atom stereocenters. The van der Waals surface area contributed by atoms with Gasteiger partial charge >= 0.3 is 0 Å². The number of carbonyl (C=O) groups excluding carboxylic acids is 1. The SMILES string of the molecule is Cc1ccn(C2CCC(O)CC2)c(=O)c1C(=O)N1CCC(CO)C1. The lowest BCUT2D eigenvalue weighted by molar-refractivity contribution is 0.0776. The molecule has 1 aromatic rings. The summed E-state index contributed by atoms with van der Waals surface area (Å²) in [4.78, 5) is 27.4. The quantitative estimate of drug-likeness (QED) is 0.867. The van der Waals surface area contributed by atoms with E-state index in [1.807, 2.05) is 6.07 Å². The molecule has 1 aromatic heterocycles. The maximum Gasteiger partial charge on any atom is 0.263 e. The van der Waals surface area contributed by atoms with Gasteiger partial charge in [0.05, 0.1) is 6.10 Å². The highest BCUT2D eigenvalue weighted by molar-refractivity contribution is 5.95. The molecule has 1 aliphatic carbocycles. The lowest BCUT2D eigenvalue weighted by Gasteiger charge is -2.28. The van der Waals surface area contributed by atoms with Gasteiger partial charge in [-0.2, -0.15) is 0 Å². The number of amides is 1. The van der Waals surface area contributed by atoms with Crippen LogP contribution in [0.15, 0.2) is 17.1 Å². The van der Waals surface area contributed by atoms with Crippen molar-refractivity contribution in [3.63, 3.8) is 0 Å². The molecule has 2 aliphatic rings. The van der Waals surface area contributed by atoms with Gasteiger partial charge in [0.1, 0.15) is 5.56 Å². The number of aromatic nitrogens is 1. The predicted molar refractivity (Wildman–Crippen MR) is 90.0 cm³/mol. The Morgan fingerprint density at radius 3 is 2.58 bits per heavy atom. The maximum absolute atomic E-state index is 12.9. The Bertz CT molecular complexity index is 661. The Hall–Kier alpha value is -1.66. The Labute approximate surface area is 141 Å². The molecular weight excluding hydrogens is 308 g/mol. The van der Waals surface area contributed by atoms with E-state index in [1.54, 1.807) is 22.6 Å². The summed E-state index contributed by atoms with van der Waals surface area (Å²) in [6, 6.07) is 1.89. The molecule has 1 saturated heterocycles. The highest BCUT2D eigenvalue weighted by Crippen LogP contribution is 2.28. The fourth-order valence-electron chi connectivity index (χ4n) is 3.85. The van der Waals surface area contributed by atoms with Gasteiger partial charge < -0.3 is 19.7 Å². The van der Waals surface area contributed by atoms with Crippen LogP contribution < -0.4 is 5.56 Å². The van der Waals surface area contributed by atoms with Crippen LogP contribution in [0.5, 0.6) is 0 Å². The largest absolute Gasteiger partial charge is 0.396 e. The molecule has 3 rings (SSSR count). The smallest absolute Gasteiger partial charge is 0.263 e. The van der Waals surface area contributed by atoms with Gasteiger partial charge in [-0.3, -0.25) is 9.59 Å². The third-order valence-electron chi connectivity index (χ3n) is 5.43. The van der Waals surface area contributed by atoms with Crippen molar-refractivity contribution in [3.8, 4) is 0 Å². The molecule has 6 heteroatoms. The van der Waals surface area contributed by atoms with E-state index in [9.17, 15) is 19.8 Å². The Kier molecular flexibility index (Phi) is 5.06. The minimum Gasteiger partial charge on any atom is -0.396 e. The fraction of sp³-hybridized carbons (Fsp3) is 0.667. The number of aryl methyl sites for hydroxylation is 1. The zero-order valence-corrected chi connectivity index (χ0v) is 14.1. The summed E-state index contributed by atoms with van der Waals surface area (Å²) in [6.07, 6.45) is 5.18. The Morgan fingerprint density at radius 1 is 1.25 bits per heavy atom. The molecular formula is C18H26N2O4. The van der Waals surface area contributed by atoms with E-state index in [-0.39, 0.29) is 41.7 Å². The molecule has 2 heterocycles. The lowest BCUT2D eigenvalue weighted by Crippen LogP contribution is -2.38. The number of nitrogens with zero attached hydrogens (tertiary/aromatic N) is 2. The van der Waals surface area contributed by atoms with E-state index < -0.39 is 0 Å².